The molecule has 0 radical (unpaired) electrons. The van der Waals surface area contributed by atoms with Crippen molar-refractivity contribution in [1.29, 1.82) is 0 Å². The number of hydrogen-bond acceptors (Lipinski definition) is 9. The highest BCUT2D eigenvalue weighted by atomic mass is 16.7. The minimum Gasteiger partial charge on any atom is -0.457 e. The Kier molecular flexibility index (Phi) is 11.5. The lowest BCUT2D eigenvalue weighted by Gasteiger charge is -2.44. The molecule has 7 rings (SSSR count). The van der Waals surface area contributed by atoms with E-state index in [9.17, 15) is 20.0 Å². The Morgan fingerprint density at radius 3 is 2.17 bits per heavy atom. The lowest BCUT2D eigenvalue weighted by molar-refractivity contribution is -0.384. The van der Waals surface area contributed by atoms with Gasteiger partial charge < -0.3 is 34.9 Å². The van der Waals surface area contributed by atoms with Crippen LogP contribution in [0.25, 0.3) is 0 Å². The second-order valence-electron chi connectivity index (χ2n) is 13.5. The number of rotatable bonds is 11. The summed E-state index contributed by atoms with van der Waals surface area (Å²) in [6, 6.07) is 38.3. The topological polar surface area (TPSA) is 139 Å². The molecule has 2 heterocycles. The summed E-state index contributed by atoms with van der Waals surface area (Å²) in [5.74, 6) is 1.39. The fourth-order valence-electron chi connectivity index (χ4n) is 6.84. The number of aliphatic hydroxyl groups excluding tert-OH is 1. The van der Waals surface area contributed by atoms with Crippen molar-refractivity contribution in [2.75, 3.05) is 48.3 Å². The quantitative estimate of drug-likeness (QED) is 0.0909. The molecule has 0 aliphatic carbocycles. The monoisotopic (exact) mass is 729 g/mol. The Labute approximate surface area is 314 Å². The summed E-state index contributed by atoms with van der Waals surface area (Å²) in [6.07, 6.45) is -1.15. The highest BCUT2D eigenvalue weighted by Crippen LogP contribution is 2.42. The number of nitrogens with one attached hydrogen (secondary N) is 2. The smallest absolute Gasteiger partial charge is 0.323 e. The zero-order chi connectivity index (χ0) is 37.4. The number of urea groups is 1. The van der Waals surface area contributed by atoms with Gasteiger partial charge >= 0.3 is 6.03 Å². The number of non-ortho nitro benzene ring substituents is 1. The van der Waals surface area contributed by atoms with Gasteiger partial charge in [-0.1, -0.05) is 61.5 Å². The minimum atomic E-state index is -0.697. The molecule has 2 aliphatic heterocycles. The Morgan fingerprint density at radius 1 is 0.796 bits per heavy atom. The molecule has 12 heteroatoms. The second kappa shape index (κ2) is 16.9. The average molecular weight is 730 g/mol. The molecule has 0 spiro atoms. The maximum absolute atomic E-state index is 13.0. The van der Waals surface area contributed by atoms with Crippen LogP contribution in [-0.4, -0.2) is 59.8 Å². The highest BCUT2D eigenvalue weighted by Gasteiger charge is 2.39. The van der Waals surface area contributed by atoms with Gasteiger partial charge in [-0.25, -0.2) is 4.79 Å². The number of ether oxygens (including phenoxy) is 3. The van der Waals surface area contributed by atoms with E-state index >= 15 is 0 Å². The molecule has 2 amide bonds. The number of carbonyl (C=O) groups is 1. The fraction of sp³-hybridized carbons (Fsp3) is 0.262. The summed E-state index contributed by atoms with van der Waals surface area (Å²) in [7, 11) is 0. The van der Waals surface area contributed by atoms with Crippen molar-refractivity contribution in [2.45, 2.75) is 32.0 Å². The van der Waals surface area contributed by atoms with Crippen molar-refractivity contribution in [1.82, 2.24) is 4.90 Å². The van der Waals surface area contributed by atoms with E-state index in [-0.39, 0.29) is 35.3 Å². The first-order valence-electron chi connectivity index (χ1n) is 18.0. The second-order valence-corrected chi connectivity index (χ2v) is 13.5. The molecule has 0 saturated carbocycles. The molecule has 12 nitrogen and oxygen atoms in total. The van der Waals surface area contributed by atoms with Gasteiger partial charge in [-0.2, -0.15) is 0 Å². The van der Waals surface area contributed by atoms with Crippen molar-refractivity contribution >= 4 is 28.8 Å². The van der Waals surface area contributed by atoms with Crippen LogP contribution in [0, 0.1) is 16.0 Å². The molecule has 3 N–H and O–H groups in total. The van der Waals surface area contributed by atoms with Crippen molar-refractivity contribution in [3.05, 3.63) is 154 Å². The highest BCUT2D eigenvalue weighted by molar-refractivity contribution is 5.99. The third-order valence-electron chi connectivity index (χ3n) is 9.87. The first-order valence-corrected chi connectivity index (χ1v) is 18.0. The summed E-state index contributed by atoms with van der Waals surface area (Å²) in [6.45, 7) is 5.98. The minimum absolute atomic E-state index is 0.00509. The van der Waals surface area contributed by atoms with E-state index in [0.29, 0.717) is 23.7 Å². The molecule has 0 aromatic heterocycles. The number of carbonyl (C=O) groups excluding carboxylic acids is 1. The van der Waals surface area contributed by atoms with Crippen LogP contribution >= 0.6 is 0 Å². The molecule has 5 aromatic rings. The number of aliphatic hydroxyl groups is 1. The van der Waals surface area contributed by atoms with Crippen LogP contribution < -0.4 is 20.3 Å². The third kappa shape index (κ3) is 9.04. The van der Waals surface area contributed by atoms with Gasteiger partial charge in [-0.3, -0.25) is 15.0 Å². The number of nitro groups is 1. The van der Waals surface area contributed by atoms with Crippen molar-refractivity contribution in [2.24, 2.45) is 5.92 Å². The molecule has 54 heavy (non-hydrogen) atoms. The van der Waals surface area contributed by atoms with Crippen LogP contribution in [0.4, 0.5) is 27.5 Å². The summed E-state index contributed by atoms with van der Waals surface area (Å²) < 4.78 is 19.2. The Morgan fingerprint density at radius 2 is 1.48 bits per heavy atom. The first kappa shape index (κ1) is 36.6. The van der Waals surface area contributed by atoms with Gasteiger partial charge in [-0.15, -0.1) is 0 Å². The molecule has 4 atom stereocenters. The molecular formula is C42H43N5O7. The molecule has 0 bridgehead atoms. The average Bonchev–Trinajstić information content (AvgIpc) is 3.20. The van der Waals surface area contributed by atoms with Gasteiger partial charge in [0.1, 0.15) is 11.5 Å². The van der Waals surface area contributed by atoms with E-state index in [1.165, 1.54) is 0 Å². The SMILES string of the molecule is C[C@@H]1[C@H](CN2CCN(c3ccc([N+](=O)[O-])cc3)CC2)O[C@H](c2cccc(NC(=O)Nc3ccc(Oc4ccccc4)cc3)c2)O[C@@H]1c1ccc(CO)cc1. The first-order chi connectivity index (χ1) is 26.3. The molecule has 2 saturated heterocycles. The Balaban J connectivity index is 1.01. The molecule has 0 unspecified atom stereocenters. The normalized spacial score (nSPS) is 20.2. The number of nitro benzene ring substituents is 1. The fourth-order valence-corrected chi connectivity index (χ4v) is 6.84. The predicted octanol–water partition coefficient (Wildman–Crippen LogP) is 8.14. The van der Waals surface area contributed by atoms with Crippen molar-refractivity contribution in [3.63, 3.8) is 0 Å². The largest absolute Gasteiger partial charge is 0.457 e. The van der Waals surface area contributed by atoms with Gasteiger partial charge in [0.05, 0.1) is 23.7 Å². The Bertz CT molecular complexity index is 2000. The molecule has 5 aromatic carbocycles. The predicted molar refractivity (Wildman–Crippen MR) is 207 cm³/mol. The Hall–Kier alpha value is -5.79. The number of amides is 2. The summed E-state index contributed by atoms with van der Waals surface area (Å²) in [4.78, 5) is 28.4. The van der Waals surface area contributed by atoms with E-state index in [1.54, 1.807) is 48.5 Å². The van der Waals surface area contributed by atoms with Crippen LogP contribution in [0.3, 0.4) is 0 Å². The maximum atomic E-state index is 13.0. The summed E-state index contributed by atoms with van der Waals surface area (Å²) in [5.41, 5.74) is 4.84. The van der Waals surface area contributed by atoms with Crippen LogP contribution in [0.5, 0.6) is 11.5 Å². The van der Waals surface area contributed by atoms with Crippen molar-refractivity contribution in [3.8, 4) is 11.5 Å². The summed E-state index contributed by atoms with van der Waals surface area (Å²) >= 11 is 0. The van der Waals surface area contributed by atoms with Crippen molar-refractivity contribution < 1.29 is 29.0 Å². The zero-order valence-electron chi connectivity index (χ0n) is 29.9. The maximum Gasteiger partial charge on any atom is 0.323 e. The van der Waals surface area contributed by atoms with E-state index < -0.39 is 12.3 Å². The molecule has 278 valence electrons. The lowest BCUT2D eigenvalue weighted by Crippen LogP contribution is -2.51. The number of piperazine rings is 1. The standard InChI is InChI=1S/C42H43N5O7/c1-29-39(27-45-22-24-46(25-23-45)35-16-18-36(19-17-35)47(50)51)53-41(54-40(29)31-12-10-30(28-48)11-13-31)32-6-5-7-34(26-32)44-42(49)43-33-14-20-38(21-15-33)52-37-8-3-2-4-9-37/h2-21,26,29,39-41,48H,22-25,27-28H2,1H3,(H2,43,44,49)/t29-,39+,40+,41+/m1/s1. The van der Waals surface area contributed by atoms with Crippen LogP contribution in [0.15, 0.2) is 127 Å². The number of para-hydroxylation sites is 1. The van der Waals surface area contributed by atoms with Gasteiger partial charge in [-0.05, 0) is 71.8 Å². The summed E-state index contributed by atoms with van der Waals surface area (Å²) in [5, 5.41) is 26.5. The molecular weight excluding hydrogens is 686 g/mol. The van der Waals surface area contributed by atoms with Gasteiger partial charge in [0.25, 0.3) is 5.69 Å². The van der Waals surface area contributed by atoms with Gasteiger partial charge in [0.2, 0.25) is 0 Å². The number of nitrogens with zero attached hydrogens (tertiary/aromatic N) is 3. The molecule has 2 aliphatic rings. The van der Waals surface area contributed by atoms with Crippen LogP contribution in [-0.2, 0) is 16.1 Å². The van der Waals surface area contributed by atoms with E-state index in [1.807, 2.05) is 78.9 Å². The zero-order valence-corrected chi connectivity index (χ0v) is 29.9. The third-order valence-corrected chi connectivity index (χ3v) is 9.87. The van der Waals surface area contributed by atoms with Gasteiger partial charge in [0.15, 0.2) is 6.29 Å². The number of benzene rings is 5. The van der Waals surface area contributed by atoms with Crippen LogP contribution in [0.1, 0.15) is 36.0 Å². The van der Waals surface area contributed by atoms with E-state index in [4.69, 9.17) is 14.2 Å². The van der Waals surface area contributed by atoms with Gasteiger partial charge in [0, 0.05) is 73.4 Å². The van der Waals surface area contributed by atoms with Crippen LogP contribution in [0.2, 0.25) is 0 Å². The van der Waals surface area contributed by atoms with E-state index in [2.05, 4.69) is 27.4 Å². The molecule has 2 fully saturated rings. The number of anilines is 3. The number of hydrogen-bond donors (Lipinski definition) is 3. The lowest BCUT2D eigenvalue weighted by atomic mass is 9.90. The van der Waals surface area contributed by atoms with E-state index in [0.717, 1.165) is 54.3 Å².